The number of methoxy groups -OCH3 is 1. The molecule has 2 aromatic rings. The fraction of sp³-hybridized carbons (Fsp3) is 0.350. The maximum atomic E-state index is 12.4. The predicted molar refractivity (Wildman–Crippen MR) is 110 cm³/mol. The molecule has 29 heavy (non-hydrogen) atoms. The van der Waals surface area contributed by atoms with Crippen LogP contribution in [0.5, 0.6) is 5.75 Å². The van der Waals surface area contributed by atoms with Crippen LogP contribution in [0.2, 0.25) is 5.02 Å². The first kappa shape index (κ1) is 21.0. The second-order valence-electron chi connectivity index (χ2n) is 7.17. The third-order valence-corrected chi connectivity index (χ3v) is 5.35. The van der Waals surface area contributed by atoms with Gasteiger partial charge in [0.25, 0.3) is 11.6 Å². The second-order valence-corrected chi connectivity index (χ2v) is 7.60. The highest BCUT2D eigenvalue weighted by Gasteiger charge is 2.26. The summed E-state index contributed by atoms with van der Waals surface area (Å²) < 4.78 is 5.19. The molecule has 0 unspecified atom stereocenters. The Labute approximate surface area is 174 Å². The van der Waals surface area contributed by atoms with Gasteiger partial charge in [0, 0.05) is 16.7 Å². The van der Waals surface area contributed by atoms with E-state index in [-0.39, 0.29) is 23.8 Å². The molecule has 1 heterocycles. The van der Waals surface area contributed by atoms with Gasteiger partial charge in [-0.05, 0) is 36.4 Å². The van der Waals surface area contributed by atoms with Gasteiger partial charge in [-0.1, -0.05) is 11.6 Å². The molecule has 9 heteroatoms. The zero-order valence-corrected chi connectivity index (χ0v) is 17.0. The number of hydrogen-bond donors (Lipinski definition) is 3. The molecule has 1 amide bonds. The summed E-state index contributed by atoms with van der Waals surface area (Å²) in [5, 5.41) is 14.1. The van der Waals surface area contributed by atoms with Gasteiger partial charge in [0.1, 0.15) is 44.2 Å². The fourth-order valence-corrected chi connectivity index (χ4v) is 3.70. The first-order chi connectivity index (χ1) is 13.9. The van der Waals surface area contributed by atoms with Gasteiger partial charge in [-0.15, -0.1) is 0 Å². The number of benzene rings is 2. The van der Waals surface area contributed by atoms with Crippen molar-refractivity contribution >= 4 is 28.9 Å². The van der Waals surface area contributed by atoms with E-state index in [1.54, 1.807) is 7.11 Å². The van der Waals surface area contributed by atoms with Crippen molar-refractivity contribution in [2.75, 3.05) is 45.2 Å². The first-order valence-electron chi connectivity index (χ1n) is 9.48. The van der Waals surface area contributed by atoms with Crippen LogP contribution in [-0.4, -0.2) is 50.7 Å². The highest BCUT2D eigenvalue weighted by Crippen LogP contribution is 2.27. The Morgan fingerprint density at radius 3 is 2.41 bits per heavy atom. The number of quaternary nitrogens is 2. The molecule has 0 saturated carbocycles. The number of carbonyl (C=O) groups is 1. The molecule has 3 rings (SSSR count). The minimum absolute atomic E-state index is 0.135. The van der Waals surface area contributed by atoms with Crippen molar-refractivity contribution in [3.8, 4) is 5.75 Å². The average Bonchev–Trinajstić information content (AvgIpc) is 2.70. The van der Waals surface area contributed by atoms with E-state index in [4.69, 9.17) is 16.3 Å². The summed E-state index contributed by atoms with van der Waals surface area (Å²) in [4.78, 5) is 25.6. The normalized spacial score (nSPS) is 18.8. The SMILES string of the molecule is COc1ccc(C[NH+]2CC[NH+](CC(=O)Nc3cc(Cl)ccc3[N+](=O)[O-])CC2)cc1. The lowest BCUT2D eigenvalue weighted by Crippen LogP contribution is -3.28. The zero-order chi connectivity index (χ0) is 20.8. The second kappa shape index (κ2) is 9.69. The highest BCUT2D eigenvalue weighted by molar-refractivity contribution is 6.31. The van der Waals surface area contributed by atoms with E-state index in [1.807, 2.05) is 12.1 Å². The van der Waals surface area contributed by atoms with Gasteiger partial charge >= 0.3 is 0 Å². The Kier molecular flexibility index (Phi) is 7.03. The van der Waals surface area contributed by atoms with Gasteiger partial charge in [0.05, 0.1) is 12.0 Å². The number of nitro groups is 1. The van der Waals surface area contributed by atoms with Gasteiger partial charge in [0.15, 0.2) is 6.54 Å². The maximum Gasteiger partial charge on any atom is 0.292 e. The largest absolute Gasteiger partial charge is 0.497 e. The molecular weight excluding hydrogens is 396 g/mol. The molecule has 154 valence electrons. The monoisotopic (exact) mass is 420 g/mol. The number of ether oxygens (including phenoxy) is 1. The number of nitro benzene ring substituents is 1. The Hall–Kier alpha value is -2.68. The number of hydrogen-bond acceptors (Lipinski definition) is 4. The van der Waals surface area contributed by atoms with Crippen molar-refractivity contribution in [3.05, 3.63) is 63.2 Å². The number of halogens is 1. The molecule has 0 aliphatic carbocycles. The van der Waals surface area contributed by atoms with Crippen LogP contribution in [0.4, 0.5) is 11.4 Å². The summed E-state index contributed by atoms with van der Waals surface area (Å²) in [6, 6.07) is 12.2. The predicted octanol–water partition coefficient (Wildman–Crippen LogP) is 0.179. The molecule has 0 spiro atoms. The smallest absolute Gasteiger partial charge is 0.292 e. The minimum atomic E-state index is -0.528. The van der Waals surface area contributed by atoms with E-state index < -0.39 is 4.92 Å². The summed E-state index contributed by atoms with van der Waals surface area (Å²) in [6.07, 6.45) is 0. The van der Waals surface area contributed by atoms with Gasteiger partial charge in [-0.2, -0.15) is 0 Å². The van der Waals surface area contributed by atoms with E-state index in [9.17, 15) is 14.9 Å². The molecule has 1 aliphatic rings. The van der Waals surface area contributed by atoms with Crippen molar-refractivity contribution < 1.29 is 24.3 Å². The van der Waals surface area contributed by atoms with Crippen molar-refractivity contribution in [3.63, 3.8) is 0 Å². The van der Waals surface area contributed by atoms with Gasteiger partial charge in [0.2, 0.25) is 0 Å². The Bertz CT molecular complexity index is 867. The third-order valence-electron chi connectivity index (χ3n) is 5.12. The Morgan fingerprint density at radius 1 is 1.14 bits per heavy atom. The summed E-state index contributed by atoms with van der Waals surface area (Å²) in [5.74, 6) is 0.605. The van der Waals surface area contributed by atoms with Crippen LogP contribution in [0.1, 0.15) is 5.56 Å². The summed E-state index contributed by atoms with van der Waals surface area (Å²) in [6.45, 7) is 4.89. The summed E-state index contributed by atoms with van der Waals surface area (Å²) >= 11 is 5.91. The van der Waals surface area contributed by atoms with E-state index in [2.05, 4.69) is 17.4 Å². The van der Waals surface area contributed by atoms with Gasteiger partial charge < -0.3 is 19.9 Å². The topological polar surface area (TPSA) is 90.4 Å². The van der Waals surface area contributed by atoms with Crippen LogP contribution in [0, 0.1) is 10.1 Å². The van der Waals surface area contributed by atoms with Crippen molar-refractivity contribution in [1.82, 2.24) is 0 Å². The minimum Gasteiger partial charge on any atom is -0.497 e. The number of nitrogens with zero attached hydrogens (tertiary/aromatic N) is 1. The molecule has 2 aromatic carbocycles. The lowest BCUT2D eigenvalue weighted by Gasteiger charge is -2.29. The van der Waals surface area contributed by atoms with Crippen LogP contribution >= 0.6 is 11.6 Å². The molecule has 0 aromatic heterocycles. The number of anilines is 1. The van der Waals surface area contributed by atoms with Crippen molar-refractivity contribution in [2.24, 2.45) is 0 Å². The number of amides is 1. The highest BCUT2D eigenvalue weighted by atomic mass is 35.5. The molecule has 1 fully saturated rings. The average molecular weight is 421 g/mol. The van der Waals surface area contributed by atoms with E-state index in [1.165, 1.54) is 33.6 Å². The molecule has 1 saturated heterocycles. The number of carbonyl (C=O) groups excluding carboxylic acids is 1. The molecule has 3 N–H and O–H groups in total. The van der Waals surface area contributed by atoms with E-state index >= 15 is 0 Å². The lowest BCUT2D eigenvalue weighted by molar-refractivity contribution is -1.02. The van der Waals surface area contributed by atoms with Crippen LogP contribution in [0.15, 0.2) is 42.5 Å². The summed E-state index contributed by atoms with van der Waals surface area (Å²) in [7, 11) is 1.66. The fourth-order valence-electron chi connectivity index (χ4n) is 3.53. The lowest BCUT2D eigenvalue weighted by atomic mass is 10.2. The van der Waals surface area contributed by atoms with E-state index in [0.717, 1.165) is 38.5 Å². The number of nitrogens with one attached hydrogen (secondary N) is 3. The van der Waals surface area contributed by atoms with Crippen LogP contribution < -0.4 is 19.9 Å². The quantitative estimate of drug-likeness (QED) is 0.440. The third kappa shape index (κ3) is 5.90. The molecule has 0 radical (unpaired) electrons. The maximum absolute atomic E-state index is 12.4. The van der Waals surface area contributed by atoms with Crippen molar-refractivity contribution in [1.29, 1.82) is 0 Å². The van der Waals surface area contributed by atoms with Crippen LogP contribution in [0.25, 0.3) is 0 Å². The number of rotatable bonds is 7. The number of piperazine rings is 1. The Morgan fingerprint density at radius 2 is 1.79 bits per heavy atom. The molecule has 8 nitrogen and oxygen atoms in total. The van der Waals surface area contributed by atoms with Gasteiger partial charge in [-0.3, -0.25) is 14.9 Å². The molecule has 0 bridgehead atoms. The van der Waals surface area contributed by atoms with E-state index in [0.29, 0.717) is 5.02 Å². The first-order valence-corrected chi connectivity index (χ1v) is 9.86. The molecule has 1 aliphatic heterocycles. The van der Waals surface area contributed by atoms with Gasteiger partial charge in [-0.25, -0.2) is 0 Å². The molecular formula is C20H25ClN4O4+2. The standard InChI is InChI=1S/C20H23ClN4O4/c1-29-17-5-2-15(3-6-17)13-23-8-10-24(11-9-23)14-20(26)22-18-12-16(21)4-7-19(18)25(27)28/h2-7,12H,8-11,13-14H2,1H3,(H,22,26)/p+2. The summed E-state index contributed by atoms with van der Waals surface area (Å²) in [5.41, 5.74) is 1.23. The molecule has 0 atom stereocenters. The Balaban J connectivity index is 1.48. The van der Waals surface area contributed by atoms with Crippen molar-refractivity contribution in [2.45, 2.75) is 6.54 Å². The van der Waals surface area contributed by atoms with Crippen LogP contribution in [0.3, 0.4) is 0 Å². The van der Waals surface area contributed by atoms with Crippen LogP contribution in [-0.2, 0) is 11.3 Å². The zero-order valence-electron chi connectivity index (χ0n) is 16.2.